The number of likely N-dealkylation sites (N-methyl/N-ethyl adjacent to an activating group) is 1. The van der Waals surface area contributed by atoms with Gasteiger partial charge in [-0.15, -0.1) is 11.3 Å². The Morgan fingerprint density at radius 2 is 1.91 bits per heavy atom. The minimum absolute atomic E-state index is 0.0397. The molecule has 2 fully saturated rings. The average molecular weight is 473 g/mol. The molecule has 32 heavy (non-hydrogen) atoms. The van der Waals surface area contributed by atoms with Crippen LogP contribution in [0.3, 0.4) is 0 Å². The molecule has 0 bridgehead atoms. The van der Waals surface area contributed by atoms with Crippen LogP contribution in [0.1, 0.15) is 40.5 Å². The first-order valence-corrected chi connectivity index (χ1v) is 11.1. The van der Waals surface area contributed by atoms with Gasteiger partial charge in [0.1, 0.15) is 0 Å². The molecule has 1 spiro atoms. The van der Waals surface area contributed by atoms with Crippen molar-refractivity contribution in [1.82, 2.24) is 19.6 Å². The van der Waals surface area contributed by atoms with E-state index in [9.17, 15) is 18.0 Å². The molecule has 4 heterocycles. The Morgan fingerprint density at radius 1 is 1.28 bits per heavy atom. The molecule has 0 saturated carbocycles. The molecule has 1 atom stereocenters. The molecule has 2 aliphatic heterocycles. The second kappa shape index (κ2) is 9.22. The number of carboxylic acids is 1. The van der Waals surface area contributed by atoms with E-state index in [0.717, 1.165) is 32.5 Å². The van der Waals surface area contributed by atoms with Gasteiger partial charge in [0, 0.05) is 62.0 Å². The van der Waals surface area contributed by atoms with Gasteiger partial charge in [0.05, 0.1) is 11.7 Å². The fraction of sp³-hybridized carbons (Fsp3) is 0.571. The highest BCUT2D eigenvalue weighted by Gasteiger charge is 2.52. The van der Waals surface area contributed by atoms with Crippen LogP contribution < -0.4 is 0 Å². The minimum Gasteiger partial charge on any atom is -0.475 e. The summed E-state index contributed by atoms with van der Waals surface area (Å²) in [7, 11) is 3.94. The molecule has 2 aliphatic rings. The second-order valence-electron chi connectivity index (χ2n) is 8.35. The van der Waals surface area contributed by atoms with E-state index in [0.29, 0.717) is 6.42 Å². The van der Waals surface area contributed by atoms with Gasteiger partial charge in [0.2, 0.25) is 5.91 Å². The van der Waals surface area contributed by atoms with Crippen LogP contribution in [-0.2, 0) is 23.2 Å². The fourth-order valence-electron chi connectivity index (χ4n) is 4.60. The first kappa shape index (κ1) is 24.2. The van der Waals surface area contributed by atoms with Crippen LogP contribution in [0.25, 0.3) is 0 Å². The van der Waals surface area contributed by atoms with Crippen molar-refractivity contribution in [3.63, 3.8) is 0 Å². The zero-order chi connectivity index (χ0) is 23.7. The van der Waals surface area contributed by atoms with E-state index < -0.39 is 12.1 Å². The average Bonchev–Trinajstić information content (AvgIpc) is 3.39. The van der Waals surface area contributed by atoms with Crippen LogP contribution >= 0.6 is 11.3 Å². The standard InChI is InChI=1S/C19H26N4OS.C2HF3O2/c1-14-4-5-16(25-14)13-23-8-6-19(7-9-23)17(10-18(24)22(19)3)15-11-20-21(2)12-15;3-2(4,5)1(6)7/h4-5,11-12,17H,6-10,13H2,1-3H3;(H,6,7). The van der Waals surface area contributed by atoms with Crippen molar-refractivity contribution in [2.24, 2.45) is 7.05 Å². The Kier molecular flexibility index (Phi) is 6.99. The van der Waals surface area contributed by atoms with E-state index >= 15 is 0 Å². The SMILES string of the molecule is Cc1ccc(CN2CCC3(CC2)C(c2cnn(C)c2)CC(=O)N3C)s1.O=C(O)C(F)(F)F. The highest BCUT2D eigenvalue weighted by atomic mass is 32.1. The van der Waals surface area contributed by atoms with Crippen molar-refractivity contribution < 1.29 is 27.9 Å². The first-order valence-electron chi connectivity index (χ1n) is 10.3. The number of aromatic nitrogens is 2. The van der Waals surface area contributed by atoms with E-state index in [2.05, 4.69) is 35.3 Å². The lowest BCUT2D eigenvalue weighted by atomic mass is 9.74. The normalized spacial score (nSPS) is 21.0. The second-order valence-corrected chi connectivity index (χ2v) is 9.72. The molecular formula is C21H27F3N4O3S. The smallest absolute Gasteiger partial charge is 0.475 e. The maximum atomic E-state index is 12.5. The molecule has 7 nitrogen and oxygen atoms in total. The zero-order valence-corrected chi connectivity index (χ0v) is 19.0. The number of amides is 1. The van der Waals surface area contributed by atoms with Gasteiger partial charge in [-0.25, -0.2) is 4.79 Å². The van der Waals surface area contributed by atoms with Gasteiger partial charge < -0.3 is 10.0 Å². The molecule has 0 radical (unpaired) electrons. The topological polar surface area (TPSA) is 78.7 Å². The number of hydrogen-bond donors (Lipinski definition) is 1. The monoisotopic (exact) mass is 472 g/mol. The number of carbonyl (C=O) groups excluding carboxylic acids is 1. The van der Waals surface area contributed by atoms with Crippen molar-refractivity contribution in [2.75, 3.05) is 20.1 Å². The maximum Gasteiger partial charge on any atom is 0.490 e. The molecule has 0 aromatic carbocycles. The summed E-state index contributed by atoms with van der Waals surface area (Å²) >= 11 is 1.89. The number of halogens is 3. The van der Waals surface area contributed by atoms with Crippen molar-refractivity contribution in [3.05, 3.63) is 39.8 Å². The molecule has 1 unspecified atom stereocenters. The van der Waals surface area contributed by atoms with Crippen LogP contribution in [0.4, 0.5) is 13.2 Å². The van der Waals surface area contributed by atoms with Crippen LogP contribution in [0.2, 0.25) is 0 Å². The largest absolute Gasteiger partial charge is 0.490 e. The Balaban J connectivity index is 0.000000360. The quantitative estimate of drug-likeness (QED) is 0.741. The number of carboxylic acid groups (broad SMARTS) is 1. The number of aryl methyl sites for hydroxylation is 2. The summed E-state index contributed by atoms with van der Waals surface area (Å²) < 4.78 is 33.6. The third-order valence-corrected chi connectivity index (χ3v) is 7.32. The molecule has 4 rings (SSSR count). The summed E-state index contributed by atoms with van der Waals surface area (Å²) in [6.07, 6.45) is 1.64. The first-order chi connectivity index (χ1) is 14.9. The molecule has 2 aromatic rings. The predicted molar refractivity (Wildman–Crippen MR) is 113 cm³/mol. The number of rotatable bonds is 3. The van der Waals surface area contributed by atoms with Gasteiger partial charge in [0.15, 0.2) is 0 Å². The number of hydrogen-bond acceptors (Lipinski definition) is 5. The van der Waals surface area contributed by atoms with E-state index in [-0.39, 0.29) is 17.4 Å². The van der Waals surface area contributed by atoms with Gasteiger partial charge in [-0.3, -0.25) is 14.4 Å². The summed E-state index contributed by atoms with van der Waals surface area (Å²) in [5.74, 6) is -2.21. The molecule has 2 aromatic heterocycles. The Hall–Kier alpha value is -2.40. The maximum absolute atomic E-state index is 12.5. The summed E-state index contributed by atoms with van der Waals surface area (Å²) in [5.41, 5.74) is 1.17. The van der Waals surface area contributed by atoms with E-state index in [1.807, 2.05) is 41.2 Å². The van der Waals surface area contributed by atoms with Crippen molar-refractivity contribution in [1.29, 1.82) is 0 Å². The Labute approximate surface area is 188 Å². The molecule has 2 saturated heterocycles. The third kappa shape index (κ3) is 5.15. The molecule has 1 amide bonds. The van der Waals surface area contributed by atoms with Gasteiger partial charge in [-0.2, -0.15) is 18.3 Å². The van der Waals surface area contributed by atoms with E-state index in [1.54, 1.807) is 0 Å². The highest BCUT2D eigenvalue weighted by molar-refractivity contribution is 7.11. The van der Waals surface area contributed by atoms with Gasteiger partial charge >= 0.3 is 12.1 Å². The van der Waals surface area contributed by atoms with E-state index in [1.165, 1.54) is 15.3 Å². The van der Waals surface area contributed by atoms with Crippen LogP contribution in [0.15, 0.2) is 24.5 Å². The molecule has 176 valence electrons. The summed E-state index contributed by atoms with van der Waals surface area (Å²) in [6.45, 7) is 5.29. The fourth-order valence-corrected chi connectivity index (χ4v) is 5.54. The number of nitrogens with zero attached hydrogens (tertiary/aromatic N) is 4. The number of carbonyl (C=O) groups is 2. The van der Waals surface area contributed by atoms with Gasteiger partial charge in [0.25, 0.3) is 0 Å². The number of aliphatic carboxylic acids is 1. The minimum atomic E-state index is -5.08. The third-order valence-electron chi connectivity index (χ3n) is 6.34. The zero-order valence-electron chi connectivity index (χ0n) is 18.2. The summed E-state index contributed by atoms with van der Waals surface area (Å²) in [6, 6.07) is 4.45. The lowest BCUT2D eigenvalue weighted by Gasteiger charge is -2.46. The highest BCUT2D eigenvalue weighted by Crippen LogP contribution is 2.48. The molecule has 0 aliphatic carbocycles. The number of likely N-dealkylation sites (tertiary alicyclic amines) is 2. The van der Waals surface area contributed by atoms with Gasteiger partial charge in [-0.1, -0.05) is 0 Å². The lowest BCUT2D eigenvalue weighted by molar-refractivity contribution is -0.192. The Bertz CT molecular complexity index is 964. The number of thiophene rings is 1. The van der Waals surface area contributed by atoms with Crippen molar-refractivity contribution in [2.45, 2.75) is 50.4 Å². The lowest BCUT2D eigenvalue weighted by Crippen LogP contribution is -2.53. The molecule has 11 heteroatoms. The van der Waals surface area contributed by atoms with Gasteiger partial charge in [-0.05, 0) is 37.5 Å². The van der Waals surface area contributed by atoms with E-state index in [4.69, 9.17) is 9.90 Å². The van der Waals surface area contributed by atoms with Crippen LogP contribution in [-0.4, -0.2) is 68.4 Å². The summed E-state index contributed by atoms with van der Waals surface area (Å²) in [5, 5.41) is 11.5. The summed E-state index contributed by atoms with van der Waals surface area (Å²) in [4.78, 5) is 28.8. The van der Waals surface area contributed by atoms with Crippen molar-refractivity contribution in [3.8, 4) is 0 Å². The molecular weight excluding hydrogens is 445 g/mol. The number of alkyl halides is 3. The van der Waals surface area contributed by atoms with Crippen LogP contribution in [0, 0.1) is 6.92 Å². The molecule has 1 N–H and O–H groups in total. The number of piperidine rings is 1. The predicted octanol–water partition coefficient (Wildman–Crippen LogP) is 3.40. The van der Waals surface area contributed by atoms with Crippen molar-refractivity contribution >= 4 is 23.2 Å². The Morgan fingerprint density at radius 3 is 2.38 bits per heavy atom. The van der Waals surface area contributed by atoms with Crippen LogP contribution in [0.5, 0.6) is 0 Å².